The summed E-state index contributed by atoms with van der Waals surface area (Å²) in [6.45, 7) is 17.5. The van der Waals surface area contributed by atoms with Crippen LogP contribution in [0.4, 0.5) is 0 Å². The maximum Gasteiger partial charge on any atom is 0.481 e. The van der Waals surface area contributed by atoms with E-state index < -0.39 is 23.7 Å². The van der Waals surface area contributed by atoms with Gasteiger partial charge in [0.25, 0.3) is 5.96 Å². The highest BCUT2D eigenvalue weighted by Gasteiger charge is 2.68. The van der Waals surface area contributed by atoms with Crippen molar-refractivity contribution in [2.24, 2.45) is 39.8 Å². The number of hydrazine groups is 1. The van der Waals surface area contributed by atoms with Crippen molar-refractivity contribution in [1.29, 1.82) is 0 Å². The van der Waals surface area contributed by atoms with Crippen molar-refractivity contribution in [3.05, 3.63) is 45.5 Å². The molecular formula is C33H52BN5O6. The number of nitrogens with two attached hydrogens (primary N) is 1. The van der Waals surface area contributed by atoms with Crippen molar-refractivity contribution >= 4 is 24.8 Å². The molecule has 12 heteroatoms. The SMILES string of the molecule is CC(C)C[C@H](NC(=O)[C@H](CCCN=C(N)N[N+](=O)[O-])CC(=O)c1ccc(C(C)(C)C)cc1)B1O[C@@H]2C[C@@H]3C[C@@H](C3(C)C)[C@]2(C)O1. The van der Waals surface area contributed by atoms with Gasteiger partial charge in [0.1, 0.15) is 0 Å². The molecule has 11 nitrogen and oxygen atoms in total. The number of hydrogen-bond donors (Lipinski definition) is 3. The molecule has 1 amide bonds. The lowest BCUT2D eigenvalue weighted by atomic mass is 9.43. The average Bonchev–Trinajstić information content (AvgIpc) is 3.30. The highest BCUT2D eigenvalue weighted by Crippen LogP contribution is 2.65. The summed E-state index contributed by atoms with van der Waals surface area (Å²) in [5.74, 6) is -0.383. The van der Waals surface area contributed by atoms with Crippen LogP contribution in [-0.2, 0) is 19.5 Å². The van der Waals surface area contributed by atoms with E-state index in [-0.39, 0.29) is 59.4 Å². The van der Waals surface area contributed by atoms with Gasteiger partial charge in [0.15, 0.2) is 10.8 Å². The van der Waals surface area contributed by atoms with E-state index in [2.05, 4.69) is 65.7 Å². The Balaban J connectivity index is 1.49. The van der Waals surface area contributed by atoms with Crippen LogP contribution in [-0.4, -0.2) is 54.0 Å². The zero-order chi connectivity index (χ0) is 33.3. The molecule has 2 bridgehead atoms. The van der Waals surface area contributed by atoms with Crippen molar-refractivity contribution in [3.8, 4) is 0 Å². The first-order valence-electron chi connectivity index (χ1n) is 16.4. The molecule has 3 saturated carbocycles. The van der Waals surface area contributed by atoms with E-state index in [1.165, 1.54) is 0 Å². The van der Waals surface area contributed by atoms with Crippen molar-refractivity contribution in [2.45, 2.75) is 117 Å². The summed E-state index contributed by atoms with van der Waals surface area (Å²) in [5, 5.41) is 13.1. The maximum atomic E-state index is 14.0. The molecule has 3 aliphatic carbocycles. The number of carbonyl (C=O) groups is 2. The van der Waals surface area contributed by atoms with Gasteiger partial charge in [-0.1, -0.05) is 78.2 Å². The Hall–Kier alpha value is -2.99. The number of nitrogens with one attached hydrogen (secondary N) is 2. The summed E-state index contributed by atoms with van der Waals surface area (Å²) < 4.78 is 13.3. The molecule has 0 radical (unpaired) electrons. The minimum atomic E-state index is -0.776. The standard InChI is InChI=1S/C33H52BN5O6/c1-20(2)16-28(34-44-27-19-24-18-26(32(24,6)7)33(27,8)45-34)37-29(41)22(10-9-15-36-30(35)38-39(42)43)17-25(40)21-11-13-23(14-12-21)31(3,4)5/h11-14,20,22,24,26-28H,9-10,15-19H2,1-8H3,(H,37,41)(H3,35,36,38)/t22-,24+,26+,27-,28+,33+/m1/s1. The van der Waals surface area contributed by atoms with Crippen LogP contribution in [0.1, 0.15) is 110 Å². The molecule has 1 aromatic rings. The maximum absolute atomic E-state index is 14.0. The number of hydrogen-bond acceptors (Lipinski definition) is 7. The molecule has 1 aromatic carbocycles. The molecule has 4 N–H and O–H groups in total. The van der Waals surface area contributed by atoms with Crippen LogP contribution in [0.3, 0.4) is 0 Å². The number of aliphatic imine (C=N–C) groups is 1. The van der Waals surface area contributed by atoms with Gasteiger partial charge in [-0.25, -0.2) is 15.1 Å². The van der Waals surface area contributed by atoms with E-state index in [1.807, 2.05) is 29.7 Å². The molecule has 248 valence electrons. The van der Waals surface area contributed by atoms with Gasteiger partial charge < -0.3 is 20.4 Å². The lowest BCUT2D eigenvalue weighted by Gasteiger charge is -2.64. The minimum absolute atomic E-state index is 0.00428. The van der Waals surface area contributed by atoms with Crippen LogP contribution in [0.25, 0.3) is 0 Å². The number of rotatable bonds is 13. The minimum Gasteiger partial charge on any atom is -0.404 e. The third-order valence-corrected chi connectivity index (χ3v) is 10.4. The smallest absolute Gasteiger partial charge is 0.404 e. The molecule has 45 heavy (non-hydrogen) atoms. The summed E-state index contributed by atoms with van der Waals surface area (Å²) in [5.41, 5.74) is 8.82. The predicted molar refractivity (Wildman–Crippen MR) is 175 cm³/mol. The Morgan fingerprint density at radius 3 is 2.42 bits per heavy atom. The lowest BCUT2D eigenvalue weighted by Crippen LogP contribution is -2.65. The van der Waals surface area contributed by atoms with Gasteiger partial charge in [-0.3, -0.25) is 9.59 Å². The molecule has 1 heterocycles. The Morgan fingerprint density at radius 2 is 1.84 bits per heavy atom. The van der Waals surface area contributed by atoms with E-state index in [0.29, 0.717) is 36.7 Å². The van der Waals surface area contributed by atoms with Crippen LogP contribution in [0.5, 0.6) is 0 Å². The zero-order valence-corrected chi connectivity index (χ0v) is 28.2. The molecule has 1 saturated heterocycles. The van der Waals surface area contributed by atoms with Crippen LogP contribution in [0.15, 0.2) is 29.3 Å². The average molecular weight is 626 g/mol. The number of ketones is 1. The number of carbonyl (C=O) groups excluding carboxylic acids is 2. The van der Waals surface area contributed by atoms with Gasteiger partial charge in [0.05, 0.1) is 17.6 Å². The van der Waals surface area contributed by atoms with E-state index in [1.54, 1.807) is 0 Å². The molecule has 4 fully saturated rings. The second kappa shape index (κ2) is 13.4. The summed E-state index contributed by atoms with van der Waals surface area (Å²) >= 11 is 0. The van der Waals surface area contributed by atoms with Crippen molar-refractivity contribution in [2.75, 3.05) is 6.54 Å². The Morgan fingerprint density at radius 1 is 1.18 bits per heavy atom. The predicted octanol–water partition coefficient (Wildman–Crippen LogP) is 4.85. The topological polar surface area (TPSA) is 158 Å². The number of nitrogens with zero attached hydrogens (tertiary/aromatic N) is 2. The van der Waals surface area contributed by atoms with Gasteiger partial charge in [0.2, 0.25) is 5.91 Å². The first-order valence-corrected chi connectivity index (χ1v) is 16.4. The lowest BCUT2D eigenvalue weighted by molar-refractivity contribution is -0.525. The van der Waals surface area contributed by atoms with Gasteiger partial charge in [0, 0.05) is 24.4 Å². The largest absolute Gasteiger partial charge is 0.481 e. The van der Waals surface area contributed by atoms with Crippen LogP contribution >= 0.6 is 0 Å². The molecule has 0 spiro atoms. The van der Waals surface area contributed by atoms with Crippen LogP contribution < -0.4 is 16.5 Å². The van der Waals surface area contributed by atoms with Crippen molar-refractivity contribution in [3.63, 3.8) is 0 Å². The van der Waals surface area contributed by atoms with E-state index >= 15 is 0 Å². The number of amides is 1. The molecule has 1 aliphatic heterocycles. The number of nitro groups is 1. The molecule has 5 rings (SSSR count). The Kier molecular flexibility index (Phi) is 10.4. The summed E-state index contributed by atoms with van der Waals surface area (Å²) in [6, 6.07) is 7.56. The van der Waals surface area contributed by atoms with Crippen LogP contribution in [0, 0.1) is 39.2 Å². The number of guanidine groups is 1. The normalized spacial score (nSPS) is 26.9. The van der Waals surface area contributed by atoms with E-state index in [4.69, 9.17) is 15.0 Å². The van der Waals surface area contributed by atoms with Gasteiger partial charge in [-0.15, -0.1) is 0 Å². The summed E-state index contributed by atoms with van der Waals surface area (Å²) in [7, 11) is -0.569. The van der Waals surface area contributed by atoms with Crippen LogP contribution in [0.2, 0.25) is 0 Å². The molecule has 0 aromatic heterocycles. The van der Waals surface area contributed by atoms with Crippen molar-refractivity contribution < 1.29 is 23.9 Å². The number of benzene rings is 1. The highest BCUT2D eigenvalue weighted by atomic mass is 16.7. The fraction of sp³-hybridized carbons (Fsp3) is 0.727. The first kappa shape index (κ1) is 34.9. The second-order valence-electron chi connectivity index (χ2n) is 15.5. The van der Waals surface area contributed by atoms with Gasteiger partial charge in [-0.05, 0) is 73.2 Å². The van der Waals surface area contributed by atoms with Crippen molar-refractivity contribution in [1.82, 2.24) is 10.7 Å². The fourth-order valence-corrected chi connectivity index (χ4v) is 7.61. The zero-order valence-electron chi connectivity index (χ0n) is 28.2. The molecule has 4 aliphatic rings. The Labute approximate surface area is 268 Å². The monoisotopic (exact) mass is 625 g/mol. The Bertz CT molecular complexity index is 1280. The van der Waals surface area contributed by atoms with E-state index in [9.17, 15) is 19.7 Å². The molecule has 0 unspecified atom stereocenters. The summed E-state index contributed by atoms with van der Waals surface area (Å²) in [6.07, 6.45) is 3.55. The third kappa shape index (κ3) is 7.88. The highest BCUT2D eigenvalue weighted by molar-refractivity contribution is 6.47. The van der Waals surface area contributed by atoms with E-state index in [0.717, 1.165) is 18.4 Å². The third-order valence-electron chi connectivity index (χ3n) is 10.4. The molecular weight excluding hydrogens is 573 g/mol. The quantitative estimate of drug-likeness (QED) is 0.0534. The fourth-order valence-electron chi connectivity index (χ4n) is 7.61. The number of Topliss-reactive ketones (excluding diaryl/α,β-unsaturated/α-hetero) is 1. The second-order valence-corrected chi connectivity index (χ2v) is 15.5. The first-order chi connectivity index (χ1) is 20.9. The van der Waals surface area contributed by atoms with Gasteiger partial charge in [-0.2, -0.15) is 0 Å². The van der Waals surface area contributed by atoms with Gasteiger partial charge >= 0.3 is 7.12 Å². The molecule has 6 atom stereocenters. The summed E-state index contributed by atoms with van der Waals surface area (Å²) in [4.78, 5) is 42.0.